The molecular formula is C14H25N5. The Hall–Kier alpha value is -1.07. The lowest BCUT2D eigenvalue weighted by Gasteiger charge is -2.29. The van der Waals surface area contributed by atoms with Crippen molar-refractivity contribution in [2.24, 2.45) is 7.05 Å². The van der Waals surface area contributed by atoms with E-state index in [4.69, 9.17) is 5.10 Å². The van der Waals surface area contributed by atoms with E-state index in [0.29, 0.717) is 5.92 Å². The van der Waals surface area contributed by atoms with Gasteiger partial charge in [0.2, 0.25) is 0 Å². The summed E-state index contributed by atoms with van der Waals surface area (Å²) in [5.74, 6) is 1.85. The van der Waals surface area contributed by atoms with Crippen LogP contribution in [0, 0.1) is 0 Å². The summed E-state index contributed by atoms with van der Waals surface area (Å²) in [6.45, 7) is 6.70. The molecular weight excluding hydrogens is 238 g/mol. The minimum atomic E-state index is 0.686. The number of rotatable bonds is 2. The maximum absolute atomic E-state index is 4.73. The standard InChI is InChI=1S/C14H25N5/c1-17-7-3-12(4-8-17)13-11-14(16-18(13)2)19-9-5-15-6-10-19/h11-12,15H,3-10H2,1-2H3. The van der Waals surface area contributed by atoms with Gasteiger partial charge in [0.05, 0.1) is 0 Å². The first kappa shape index (κ1) is 12.9. The Morgan fingerprint density at radius 1 is 1.11 bits per heavy atom. The SMILES string of the molecule is CN1CCC(c2cc(N3CCNCC3)nn2C)CC1. The van der Waals surface area contributed by atoms with Crippen molar-refractivity contribution in [3.05, 3.63) is 11.8 Å². The highest BCUT2D eigenvalue weighted by atomic mass is 15.4. The predicted molar refractivity (Wildman–Crippen MR) is 77.8 cm³/mol. The summed E-state index contributed by atoms with van der Waals surface area (Å²) in [7, 11) is 4.31. The number of hydrogen-bond acceptors (Lipinski definition) is 4. The van der Waals surface area contributed by atoms with Crippen molar-refractivity contribution in [2.45, 2.75) is 18.8 Å². The minimum absolute atomic E-state index is 0.686. The highest BCUT2D eigenvalue weighted by molar-refractivity contribution is 5.41. The van der Waals surface area contributed by atoms with E-state index in [1.165, 1.54) is 31.6 Å². The molecule has 0 aliphatic carbocycles. The molecule has 106 valence electrons. The molecule has 1 aromatic rings. The fourth-order valence-corrected chi connectivity index (χ4v) is 3.20. The lowest BCUT2D eigenvalue weighted by Crippen LogP contribution is -2.43. The van der Waals surface area contributed by atoms with Gasteiger partial charge in [-0.25, -0.2) is 0 Å². The van der Waals surface area contributed by atoms with Crippen LogP contribution >= 0.6 is 0 Å². The molecule has 5 nitrogen and oxygen atoms in total. The van der Waals surface area contributed by atoms with Crippen LogP contribution in [0.4, 0.5) is 5.82 Å². The molecule has 3 heterocycles. The average Bonchev–Trinajstić information content (AvgIpc) is 2.83. The second-order valence-electron chi connectivity index (χ2n) is 5.87. The fraction of sp³-hybridized carbons (Fsp3) is 0.786. The molecule has 1 aromatic heterocycles. The van der Waals surface area contributed by atoms with Crippen LogP contribution in [-0.4, -0.2) is 61.0 Å². The van der Waals surface area contributed by atoms with E-state index in [9.17, 15) is 0 Å². The van der Waals surface area contributed by atoms with Crippen LogP contribution < -0.4 is 10.2 Å². The Balaban J connectivity index is 1.73. The van der Waals surface area contributed by atoms with Crippen molar-refractivity contribution in [1.29, 1.82) is 0 Å². The molecule has 2 aliphatic heterocycles. The molecule has 0 aromatic carbocycles. The summed E-state index contributed by atoms with van der Waals surface area (Å²) in [6, 6.07) is 2.32. The Morgan fingerprint density at radius 3 is 2.47 bits per heavy atom. The van der Waals surface area contributed by atoms with Crippen molar-refractivity contribution in [3.8, 4) is 0 Å². The van der Waals surface area contributed by atoms with Gasteiger partial charge in [-0.15, -0.1) is 0 Å². The van der Waals surface area contributed by atoms with E-state index in [1.807, 2.05) is 0 Å². The molecule has 2 saturated heterocycles. The molecule has 0 spiro atoms. The van der Waals surface area contributed by atoms with E-state index in [0.717, 1.165) is 32.0 Å². The van der Waals surface area contributed by atoms with E-state index >= 15 is 0 Å². The number of piperazine rings is 1. The smallest absolute Gasteiger partial charge is 0.150 e. The third kappa shape index (κ3) is 2.77. The molecule has 2 fully saturated rings. The molecule has 0 atom stereocenters. The maximum atomic E-state index is 4.73. The molecule has 0 bridgehead atoms. The van der Waals surface area contributed by atoms with Crippen LogP contribution in [0.25, 0.3) is 0 Å². The molecule has 0 amide bonds. The second kappa shape index (κ2) is 5.51. The van der Waals surface area contributed by atoms with Gasteiger partial charge in [0, 0.05) is 50.9 Å². The Kier molecular flexibility index (Phi) is 3.75. The summed E-state index contributed by atoms with van der Waals surface area (Å²) in [5, 5.41) is 8.12. The van der Waals surface area contributed by atoms with Crippen molar-refractivity contribution in [2.75, 3.05) is 51.2 Å². The van der Waals surface area contributed by atoms with Crippen LogP contribution in [-0.2, 0) is 7.05 Å². The van der Waals surface area contributed by atoms with Crippen molar-refractivity contribution < 1.29 is 0 Å². The Morgan fingerprint density at radius 2 is 1.79 bits per heavy atom. The van der Waals surface area contributed by atoms with Crippen molar-refractivity contribution in [1.82, 2.24) is 20.0 Å². The topological polar surface area (TPSA) is 36.3 Å². The summed E-state index contributed by atoms with van der Waals surface area (Å²) in [6.07, 6.45) is 2.52. The van der Waals surface area contributed by atoms with E-state index < -0.39 is 0 Å². The summed E-state index contributed by atoms with van der Waals surface area (Å²) < 4.78 is 2.10. The largest absolute Gasteiger partial charge is 0.353 e. The van der Waals surface area contributed by atoms with Crippen LogP contribution in [0.5, 0.6) is 0 Å². The van der Waals surface area contributed by atoms with Crippen molar-refractivity contribution >= 4 is 5.82 Å². The lowest BCUT2D eigenvalue weighted by atomic mass is 9.93. The van der Waals surface area contributed by atoms with Gasteiger partial charge < -0.3 is 15.1 Å². The zero-order valence-electron chi connectivity index (χ0n) is 12.1. The molecule has 0 saturated carbocycles. The van der Waals surface area contributed by atoms with Crippen LogP contribution in [0.3, 0.4) is 0 Å². The Labute approximate surface area is 115 Å². The Bertz CT molecular complexity index is 413. The summed E-state index contributed by atoms with van der Waals surface area (Å²) >= 11 is 0. The minimum Gasteiger partial charge on any atom is -0.353 e. The predicted octanol–water partition coefficient (Wildman–Crippen LogP) is 0.639. The zero-order valence-corrected chi connectivity index (χ0v) is 12.1. The van der Waals surface area contributed by atoms with Gasteiger partial charge in [-0.3, -0.25) is 4.68 Å². The van der Waals surface area contributed by atoms with Crippen LogP contribution in [0.2, 0.25) is 0 Å². The van der Waals surface area contributed by atoms with Gasteiger partial charge in [-0.1, -0.05) is 0 Å². The van der Waals surface area contributed by atoms with Gasteiger partial charge in [-0.05, 0) is 33.0 Å². The molecule has 19 heavy (non-hydrogen) atoms. The van der Waals surface area contributed by atoms with Gasteiger partial charge in [0.15, 0.2) is 5.82 Å². The summed E-state index contributed by atoms with van der Waals surface area (Å²) in [4.78, 5) is 4.82. The number of nitrogens with one attached hydrogen (secondary N) is 1. The number of likely N-dealkylation sites (tertiary alicyclic amines) is 1. The van der Waals surface area contributed by atoms with Crippen LogP contribution in [0.1, 0.15) is 24.5 Å². The number of nitrogens with zero attached hydrogens (tertiary/aromatic N) is 4. The number of hydrogen-bond donors (Lipinski definition) is 1. The molecule has 1 N–H and O–H groups in total. The maximum Gasteiger partial charge on any atom is 0.150 e. The lowest BCUT2D eigenvalue weighted by molar-refractivity contribution is 0.251. The second-order valence-corrected chi connectivity index (χ2v) is 5.87. The van der Waals surface area contributed by atoms with Gasteiger partial charge in [0.1, 0.15) is 0 Å². The van der Waals surface area contributed by atoms with Gasteiger partial charge in [0.25, 0.3) is 0 Å². The monoisotopic (exact) mass is 263 g/mol. The first-order valence-corrected chi connectivity index (χ1v) is 7.42. The molecule has 0 radical (unpaired) electrons. The van der Waals surface area contributed by atoms with E-state index in [1.54, 1.807) is 0 Å². The summed E-state index contributed by atoms with van der Waals surface area (Å²) in [5.41, 5.74) is 1.42. The third-order valence-electron chi connectivity index (χ3n) is 4.48. The fourth-order valence-electron chi connectivity index (χ4n) is 3.20. The van der Waals surface area contributed by atoms with E-state index in [-0.39, 0.29) is 0 Å². The number of aromatic nitrogens is 2. The normalized spacial score (nSPS) is 22.9. The van der Waals surface area contributed by atoms with Gasteiger partial charge >= 0.3 is 0 Å². The quantitative estimate of drug-likeness (QED) is 0.849. The van der Waals surface area contributed by atoms with E-state index in [2.05, 4.69) is 40.0 Å². The molecule has 5 heteroatoms. The molecule has 3 rings (SSSR count). The molecule has 0 unspecified atom stereocenters. The third-order valence-corrected chi connectivity index (χ3v) is 4.48. The first-order chi connectivity index (χ1) is 9.24. The highest BCUT2D eigenvalue weighted by Gasteiger charge is 2.23. The van der Waals surface area contributed by atoms with Crippen molar-refractivity contribution in [3.63, 3.8) is 0 Å². The number of anilines is 1. The number of aryl methyl sites for hydroxylation is 1. The first-order valence-electron chi connectivity index (χ1n) is 7.42. The highest BCUT2D eigenvalue weighted by Crippen LogP contribution is 2.29. The number of piperidine rings is 1. The zero-order chi connectivity index (χ0) is 13.2. The average molecular weight is 263 g/mol. The van der Waals surface area contributed by atoms with Crippen LogP contribution in [0.15, 0.2) is 6.07 Å². The molecule has 2 aliphatic rings. The van der Waals surface area contributed by atoms with Gasteiger partial charge in [-0.2, -0.15) is 5.10 Å².